The molecular formula is C25H27N5O2. The Kier molecular flexibility index (Phi) is 5.47. The first-order valence-electron chi connectivity index (χ1n) is 11.4. The van der Waals surface area contributed by atoms with E-state index < -0.39 is 0 Å². The average molecular weight is 430 g/mol. The zero-order valence-corrected chi connectivity index (χ0v) is 18.3. The maximum atomic E-state index is 13.6. The minimum atomic E-state index is -0.135. The molecule has 0 saturated carbocycles. The second-order valence-electron chi connectivity index (χ2n) is 8.51. The van der Waals surface area contributed by atoms with Crippen LogP contribution in [0.25, 0.3) is 21.8 Å². The summed E-state index contributed by atoms with van der Waals surface area (Å²) in [6.45, 7) is 3.86. The number of benzene rings is 2. The van der Waals surface area contributed by atoms with Crippen LogP contribution < -0.4 is 5.56 Å². The van der Waals surface area contributed by atoms with E-state index in [-0.39, 0.29) is 17.4 Å². The number of hydrogen-bond donors (Lipinski definition) is 1. The molecule has 5 rings (SSSR count). The van der Waals surface area contributed by atoms with Crippen molar-refractivity contribution in [2.45, 2.75) is 45.1 Å². The van der Waals surface area contributed by atoms with Crippen molar-refractivity contribution in [1.82, 2.24) is 24.6 Å². The molecule has 164 valence electrons. The number of piperidine rings is 1. The van der Waals surface area contributed by atoms with Gasteiger partial charge in [0.1, 0.15) is 5.82 Å². The highest BCUT2D eigenvalue weighted by Gasteiger charge is 2.29. The van der Waals surface area contributed by atoms with Gasteiger partial charge in [-0.15, -0.1) is 0 Å². The van der Waals surface area contributed by atoms with Crippen molar-refractivity contribution in [2.24, 2.45) is 0 Å². The minimum Gasteiger partial charge on any atom is -0.342 e. The highest BCUT2D eigenvalue weighted by Crippen LogP contribution is 2.28. The Labute approximate surface area is 186 Å². The smallest absolute Gasteiger partial charge is 0.274 e. The van der Waals surface area contributed by atoms with Gasteiger partial charge in [0.2, 0.25) is 0 Å². The van der Waals surface area contributed by atoms with Crippen molar-refractivity contribution >= 4 is 27.7 Å². The number of imidazole rings is 1. The highest BCUT2D eigenvalue weighted by molar-refractivity contribution is 6.04. The molecule has 2 aromatic heterocycles. The number of hydrogen-bond acceptors (Lipinski definition) is 4. The van der Waals surface area contributed by atoms with Crippen LogP contribution in [0.1, 0.15) is 54.8 Å². The normalized spacial score (nSPS) is 16.7. The molecule has 2 aromatic carbocycles. The number of carbonyl (C=O) groups excluding carboxylic acids is 1. The lowest BCUT2D eigenvalue weighted by Gasteiger charge is -2.32. The van der Waals surface area contributed by atoms with Crippen LogP contribution in [-0.2, 0) is 6.54 Å². The Morgan fingerprint density at radius 2 is 1.91 bits per heavy atom. The average Bonchev–Trinajstić information content (AvgIpc) is 3.28. The Bertz CT molecular complexity index is 1310. The first-order valence-corrected chi connectivity index (χ1v) is 11.4. The second kappa shape index (κ2) is 8.57. The Morgan fingerprint density at radius 3 is 2.72 bits per heavy atom. The van der Waals surface area contributed by atoms with Gasteiger partial charge in [0.25, 0.3) is 11.5 Å². The molecule has 7 heteroatoms. The first-order chi connectivity index (χ1) is 15.7. The molecule has 4 aromatic rings. The van der Waals surface area contributed by atoms with Gasteiger partial charge in [0.05, 0.1) is 16.4 Å². The first kappa shape index (κ1) is 20.4. The molecule has 1 amide bonds. The van der Waals surface area contributed by atoms with Crippen molar-refractivity contribution < 1.29 is 4.79 Å². The summed E-state index contributed by atoms with van der Waals surface area (Å²) in [5.74, 6) is 0.957. The summed E-state index contributed by atoms with van der Waals surface area (Å²) in [5.41, 5.74) is 2.19. The number of aromatic nitrogens is 4. The van der Waals surface area contributed by atoms with Crippen LogP contribution in [0.15, 0.2) is 53.3 Å². The molecule has 1 saturated heterocycles. The number of H-pyrrole nitrogens is 1. The third-order valence-corrected chi connectivity index (χ3v) is 6.30. The molecule has 1 N–H and O–H groups in total. The monoisotopic (exact) mass is 429 g/mol. The van der Waals surface area contributed by atoms with Crippen molar-refractivity contribution in [3.63, 3.8) is 0 Å². The SMILES string of the molecule is CCCCn1nc(C(=O)N2CCCC(c3nc4ccccc4[nH]3)C2)c2ccccc2c1=O. The fourth-order valence-corrected chi connectivity index (χ4v) is 4.55. The largest absolute Gasteiger partial charge is 0.342 e. The number of likely N-dealkylation sites (tertiary alicyclic amines) is 1. The van der Waals surface area contributed by atoms with Gasteiger partial charge in [0.15, 0.2) is 5.69 Å². The van der Waals surface area contributed by atoms with Crippen molar-refractivity contribution in [3.8, 4) is 0 Å². The molecule has 0 spiro atoms. The third-order valence-electron chi connectivity index (χ3n) is 6.30. The zero-order chi connectivity index (χ0) is 22.1. The number of aromatic amines is 1. The third kappa shape index (κ3) is 3.68. The van der Waals surface area contributed by atoms with E-state index >= 15 is 0 Å². The van der Waals surface area contributed by atoms with Crippen molar-refractivity contribution in [2.75, 3.05) is 13.1 Å². The number of unbranched alkanes of at least 4 members (excludes halogenated alkanes) is 1. The van der Waals surface area contributed by atoms with E-state index in [0.29, 0.717) is 36.1 Å². The number of amides is 1. The van der Waals surface area contributed by atoms with Crippen molar-refractivity contribution in [3.05, 3.63) is 70.4 Å². The lowest BCUT2D eigenvalue weighted by molar-refractivity contribution is 0.0698. The molecular weight excluding hydrogens is 402 g/mol. The number of rotatable bonds is 5. The molecule has 32 heavy (non-hydrogen) atoms. The van der Waals surface area contributed by atoms with E-state index in [1.54, 1.807) is 6.07 Å². The summed E-state index contributed by atoms with van der Waals surface area (Å²) in [6, 6.07) is 15.3. The minimum absolute atomic E-state index is 0.118. The van der Waals surface area contributed by atoms with Crippen LogP contribution >= 0.6 is 0 Å². The van der Waals surface area contributed by atoms with Crippen molar-refractivity contribution in [1.29, 1.82) is 0 Å². The molecule has 1 aliphatic heterocycles. The molecule has 1 aliphatic rings. The maximum absolute atomic E-state index is 13.6. The van der Waals surface area contributed by atoms with E-state index in [4.69, 9.17) is 4.98 Å². The number of aryl methyl sites for hydroxylation is 1. The lowest BCUT2D eigenvalue weighted by atomic mass is 9.97. The summed E-state index contributed by atoms with van der Waals surface area (Å²) in [5, 5.41) is 5.71. The number of nitrogens with one attached hydrogen (secondary N) is 1. The summed E-state index contributed by atoms with van der Waals surface area (Å²) >= 11 is 0. The number of nitrogens with zero attached hydrogens (tertiary/aromatic N) is 4. The van der Waals surface area contributed by atoms with Crippen LogP contribution in [0.4, 0.5) is 0 Å². The van der Waals surface area contributed by atoms with Gasteiger partial charge in [-0.2, -0.15) is 5.10 Å². The van der Waals surface area contributed by atoms with Gasteiger partial charge in [-0.05, 0) is 37.5 Å². The van der Waals surface area contributed by atoms with Gasteiger partial charge < -0.3 is 9.88 Å². The molecule has 1 atom stereocenters. The Hall–Kier alpha value is -3.48. The summed E-state index contributed by atoms with van der Waals surface area (Å²) in [4.78, 5) is 36.5. The van der Waals surface area contributed by atoms with Crippen LogP contribution in [-0.4, -0.2) is 43.6 Å². The standard InChI is InChI=1S/C25H27N5O2/c1-2-3-15-30-24(31)19-11-5-4-10-18(19)22(28-30)25(32)29-14-8-9-17(16-29)23-26-20-12-6-7-13-21(20)27-23/h4-7,10-13,17H,2-3,8-9,14-16H2,1H3,(H,26,27). The van der Waals surface area contributed by atoms with Gasteiger partial charge in [0, 0.05) is 30.9 Å². The molecule has 0 bridgehead atoms. The fraction of sp³-hybridized carbons (Fsp3) is 0.360. The number of fused-ring (bicyclic) bond motifs is 2. The molecule has 0 radical (unpaired) electrons. The zero-order valence-electron chi connectivity index (χ0n) is 18.3. The van der Waals surface area contributed by atoms with Crippen LogP contribution in [0.3, 0.4) is 0 Å². The molecule has 1 unspecified atom stereocenters. The van der Waals surface area contributed by atoms with Crippen LogP contribution in [0.2, 0.25) is 0 Å². The second-order valence-corrected chi connectivity index (χ2v) is 8.51. The van der Waals surface area contributed by atoms with Gasteiger partial charge >= 0.3 is 0 Å². The Morgan fingerprint density at radius 1 is 1.12 bits per heavy atom. The van der Waals surface area contributed by atoms with E-state index in [9.17, 15) is 9.59 Å². The van der Waals surface area contributed by atoms with E-state index in [2.05, 4.69) is 17.0 Å². The molecule has 0 aliphatic carbocycles. The Balaban J connectivity index is 1.48. The molecule has 7 nitrogen and oxygen atoms in total. The number of para-hydroxylation sites is 2. The fourth-order valence-electron chi connectivity index (χ4n) is 4.55. The molecule has 1 fully saturated rings. The maximum Gasteiger partial charge on any atom is 0.274 e. The topological polar surface area (TPSA) is 83.9 Å². The van der Waals surface area contributed by atoms with E-state index in [0.717, 1.165) is 42.5 Å². The van der Waals surface area contributed by atoms with Gasteiger partial charge in [-0.1, -0.05) is 43.7 Å². The highest BCUT2D eigenvalue weighted by atomic mass is 16.2. The van der Waals surface area contributed by atoms with E-state index in [1.165, 1.54) is 4.68 Å². The summed E-state index contributed by atoms with van der Waals surface area (Å²) in [6.07, 6.45) is 3.68. The predicted molar refractivity (Wildman–Crippen MR) is 125 cm³/mol. The number of carbonyl (C=O) groups is 1. The summed E-state index contributed by atoms with van der Waals surface area (Å²) < 4.78 is 1.46. The summed E-state index contributed by atoms with van der Waals surface area (Å²) in [7, 11) is 0. The van der Waals surface area contributed by atoms with Crippen LogP contribution in [0, 0.1) is 0 Å². The quantitative estimate of drug-likeness (QED) is 0.518. The predicted octanol–water partition coefficient (Wildman–Crippen LogP) is 4.09. The van der Waals surface area contributed by atoms with Gasteiger partial charge in [-0.25, -0.2) is 9.67 Å². The van der Waals surface area contributed by atoms with Crippen LogP contribution in [0.5, 0.6) is 0 Å². The van der Waals surface area contributed by atoms with E-state index in [1.807, 2.05) is 47.4 Å². The lowest BCUT2D eigenvalue weighted by Crippen LogP contribution is -2.40. The molecule has 3 heterocycles. The van der Waals surface area contributed by atoms with Gasteiger partial charge in [-0.3, -0.25) is 9.59 Å².